The Bertz CT molecular complexity index is 560. The number of nitrogens with zero attached hydrogens (tertiary/aromatic N) is 2. The fourth-order valence-electron chi connectivity index (χ4n) is 1.79. The molecule has 19 heavy (non-hydrogen) atoms. The number of halogens is 1. The number of rotatable bonds is 5. The molecule has 2 aromatic rings. The molecule has 0 radical (unpaired) electrons. The van der Waals surface area contributed by atoms with Gasteiger partial charge in [0.15, 0.2) is 0 Å². The van der Waals surface area contributed by atoms with Gasteiger partial charge in [-0.3, -0.25) is 0 Å². The standard InChI is InChI=1S/C13H15ClN4O/c1-8-3-2-4-10(14)12(8)16-13-18-17-11(19-13)7-15-9-5-6-9/h2-4,9,15H,5-7H2,1H3,(H,16,18). The molecule has 0 saturated heterocycles. The summed E-state index contributed by atoms with van der Waals surface area (Å²) in [5, 5.41) is 15.0. The maximum absolute atomic E-state index is 6.13. The minimum atomic E-state index is 0.365. The zero-order chi connectivity index (χ0) is 13.2. The van der Waals surface area contributed by atoms with Crippen molar-refractivity contribution in [2.24, 2.45) is 0 Å². The molecule has 1 aliphatic carbocycles. The van der Waals surface area contributed by atoms with Gasteiger partial charge in [0.2, 0.25) is 5.89 Å². The number of hydrogen-bond acceptors (Lipinski definition) is 5. The first-order chi connectivity index (χ1) is 9.22. The maximum Gasteiger partial charge on any atom is 0.320 e. The number of aromatic nitrogens is 2. The van der Waals surface area contributed by atoms with Gasteiger partial charge < -0.3 is 15.1 Å². The SMILES string of the molecule is Cc1cccc(Cl)c1Nc1nnc(CNC2CC2)o1. The van der Waals surface area contributed by atoms with Crippen molar-refractivity contribution in [3.63, 3.8) is 0 Å². The quantitative estimate of drug-likeness (QED) is 0.880. The van der Waals surface area contributed by atoms with Gasteiger partial charge in [0, 0.05) is 6.04 Å². The van der Waals surface area contributed by atoms with Gasteiger partial charge in [0.25, 0.3) is 0 Å². The molecule has 1 saturated carbocycles. The Labute approximate surface area is 116 Å². The molecule has 3 rings (SSSR count). The number of para-hydroxylation sites is 1. The van der Waals surface area contributed by atoms with Crippen molar-refractivity contribution in [1.82, 2.24) is 15.5 Å². The number of nitrogens with one attached hydrogen (secondary N) is 2. The molecule has 0 unspecified atom stereocenters. The second-order valence-corrected chi connectivity index (χ2v) is 5.12. The minimum absolute atomic E-state index is 0.365. The molecule has 1 aliphatic rings. The molecule has 6 heteroatoms. The largest absolute Gasteiger partial charge is 0.406 e. The van der Waals surface area contributed by atoms with E-state index in [0.717, 1.165) is 11.3 Å². The molecule has 1 heterocycles. The van der Waals surface area contributed by atoms with Crippen LogP contribution in [0.2, 0.25) is 5.02 Å². The summed E-state index contributed by atoms with van der Waals surface area (Å²) >= 11 is 6.13. The molecule has 5 nitrogen and oxygen atoms in total. The summed E-state index contributed by atoms with van der Waals surface area (Å²) in [5.74, 6) is 0.583. The third kappa shape index (κ3) is 3.05. The van der Waals surface area contributed by atoms with E-state index in [-0.39, 0.29) is 0 Å². The molecule has 0 amide bonds. The van der Waals surface area contributed by atoms with Gasteiger partial charge in [-0.05, 0) is 31.4 Å². The van der Waals surface area contributed by atoms with Gasteiger partial charge >= 0.3 is 6.01 Å². The van der Waals surface area contributed by atoms with E-state index < -0.39 is 0 Å². The van der Waals surface area contributed by atoms with Crippen molar-refractivity contribution in [2.75, 3.05) is 5.32 Å². The van der Waals surface area contributed by atoms with Gasteiger partial charge in [0.05, 0.1) is 17.3 Å². The monoisotopic (exact) mass is 278 g/mol. The fourth-order valence-corrected chi connectivity index (χ4v) is 2.06. The predicted octanol–water partition coefficient (Wildman–Crippen LogP) is 3.03. The molecule has 0 aliphatic heterocycles. The third-order valence-electron chi connectivity index (χ3n) is 3.04. The zero-order valence-corrected chi connectivity index (χ0v) is 11.4. The summed E-state index contributed by atoms with van der Waals surface area (Å²) in [6.07, 6.45) is 2.47. The lowest BCUT2D eigenvalue weighted by Gasteiger charge is -2.07. The third-order valence-corrected chi connectivity index (χ3v) is 3.36. The molecule has 0 atom stereocenters. The van der Waals surface area contributed by atoms with Crippen molar-refractivity contribution >= 4 is 23.3 Å². The Morgan fingerprint density at radius 2 is 2.21 bits per heavy atom. The van der Waals surface area contributed by atoms with Crippen LogP contribution < -0.4 is 10.6 Å². The lowest BCUT2D eigenvalue weighted by Crippen LogP contribution is -2.15. The second kappa shape index (κ2) is 5.19. The number of benzene rings is 1. The van der Waals surface area contributed by atoms with E-state index >= 15 is 0 Å². The van der Waals surface area contributed by atoms with E-state index in [4.69, 9.17) is 16.0 Å². The molecular weight excluding hydrogens is 264 g/mol. The molecule has 1 aromatic heterocycles. The van der Waals surface area contributed by atoms with Crippen LogP contribution in [0.1, 0.15) is 24.3 Å². The Morgan fingerprint density at radius 1 is 1.37 bits per heavy atom. The van der Waals surface area contributed by atoms with Crippen LogP contribution in [0, 0.1) is 6.92 Å². The van der Waals surface area contributed by atoms with Crippen LogP contribution in [0.4, 0.5) is 11.7 Å². The summed E-state index contributed by atoms with van der Waals surface area (Å²) in [6.45, 7) is 2.58. The van der Waals surface area contributed by atoms with E-state index in [1.165, 1.54) is 12.8 Å². The average molecular weight is 279 g/mol. The average Bonchev–Trinajstić information content (AvgIpc) is 3.11. The Hall–Kier alpha value is -1.59. The minimum Gasteiger partial charge on any atom is -0.406 e. The molecule has 1 fully saturated rings. The van der Waals surface area contributed by atoms with E-state index in [0.29, 0.717) is 29.5 Å². The smallest absolute Gasteiger partial charge is 0.320 e. The molecular formula is C13H15ClN4O. The first kappa shape index (κ1) is 12.4. The van der Waals surface area contributed by atoms with Crippen molar-refractivity contribution < 1.29 is 4.42 Å². The summed E-state index contributed by atoms with van der Waals surface area (Å²) < 4.78 is 5.52. The van der Waals surface area contributed by atoms with E-state index in [1.54, 1.807) is 0 Å². The topological polar surface area (TPSA) is 63.0 Å². The summed E-state index contributed by atoms with van der Waals surface area (Å²) in [5.41, 5.74) is 1.83. The summed E-state index contributed by atoms with van der Waals surface area (Å²) in [7, 11) is 0. The van der Waals surface area contributed by atoms with E-state index in [9.17, 15) is 0 Å². The van der Waals surface area contributed by atoms with E-state index in [1.807, 2.05) is 25.1 Å². The van der Waals surface area contributed by atoms with Gasteiger partial charge in [-0.25, -0.2) is 0 Å². The van der Waals surface area contributed by atoms with Crippen LogP contribution in [0.5, 0.6) is 0 Å². The number of hydrogen-bond donors (Lipinski definition) is 2. The van der Waals surface area contributed by atoms with Gasteiger partial charge in [-0.2, -0.15) is 0 Å². The highest BCUT2D eigenvalue weighted by Crippen LogP contribution is 2.28. The van der Waals surface area contributed by atoms with E-state index in [2.05, 4.69) is 20.8 Å². The predicted molar refractivity (Wildman–Crippen MR) is 73.6 cm³/mol. The summed E-state index contributed by atoms with van der Waals surface area (Å²) in [6, 6.07) is 6.68. The molecule has 0 bridgehead atoms. The Kier molecular flexibility index (Phi) is 3.40. The number of anilines is 2. The lowest BCUT2D eigenvalue weighted by molar-refractivity contribution is 0.478. The van der Waals surface area contributed by atoms with Crippen LogP contribution in [-0.4, -0.2) is 16.2 Å². The molecule has 1 aromatic carbocycles. The van der Waals surface area contributed by atoms with Crippen molar-refractivity contribution in [3.8, 4) is 0 Å². The van der Waals surface area contributed by atoms with Crippen LogP contribution >= 0.6 is 11.6 Å². The highest BCUT2D eigenvalue weighted by Gasteiger charge is 2.21. The van der Waals surface area contributed by atoms with Crippen LogP contribution in [0.25, 0.3) is 0 Å². The highest BCUT2D eigenvalue weighted by atomic mass is 35.5. The zero-order valence-electron chi connectivity index (χ0n) is 10.6. The molecule has 0 spiro atoms. The first-order valence-corrected chi connectivity index (χ1v) is 6.68. The second-order valence-electron chi connectivity index (χ2n) is 4.71. The first-order valence-electron chi connectivity index (χ1n) is 6.30. The fraction of sp³-hybridized carbons (Fsp3) is 0.385. The van der Waals surface area contributed by atoms with Gasteiger partial charge in [0.1, 0.15) is 0 Å². The Balaban J connectivity index is 1.68. The Morgan fingerprint density at radius 3 is 2.95 bits per heavy atom. The molecule has 2 N–H and O–H groups in total. The molecule has 100 valence electrons. The van der Waals surface area contributed by atoms with Crippen molar-refractivity contribution in [2.45, 2.75) is 32.4 Å². The number of aryl methyl sites for hydroxylation is 1. The maximum atomic E-state index is 6.13. The van der Waals surface area contributed by atoms with Crippen LogP contribution in [-0.2, 0) is 6.54 Å². The van der Waals surface area contributed by atoms with Gasteiger partial charge in [-0.15, -0.1) is 5.10 Å². The van der Waals surface area contributed by atoms with Crippen molar-refractivity contribution in [3.05, 3.63) is 34.7 Å². The summed E-state index contributed by atoms with van der Waals surface area (Å²) in [4.78, 5) is 0. The lowest BCUT2D eigenvalue weighted by atomic mass is 10.2. The normalized spacial score (nSPS) is 14.6. The van der Waals surface area contributed by atoms with Gasteiger partial charge in [-0.1, -0.05) is 28.8 Å². The van der Waals surface area contributed by atoms with Crippen LogP contribution in [0.15, 0.2) is 22.6 Å². The van der Waals surface area contributed by atoms with Crippen LogP contribution in [0.3, 0.4) is 0 Å². The highest BCUT2D eigenvalue weighted by molar-refractivity contribution is 6.33. The van der Waals surface area contributed by atoms with Crippen molar-refractivity contribution in [1.29, 1.82) is 0 Å².